The zero-order chi connectivity index (χ0) is 8.97. The molecule has 0 spiro atoms. The smallest absolute Gasteiger partial charge is 0.251 e. The number of ether oxygens (including phenoxy) is 1. The zero-order valence-corrected chi connectivity index (χ0v) is 7.45. The van der Waals surface area contributed by atoms with E-state index in [4.69, 9.17) is 10.5 Å². The van der Waals surface area contributed by atoms with E-state index in [1.54, 1.807) is 11.9 Å². The highest BCUT2D eigenvalue weighted by Gasteiger charge is 2.25. The Labute approximate surface area is 72.7 Å². The number of hydrogen-bond acceptors (Lipinski definition) is 3. The molecule has 0 aromatic carbocycles. The molecule has 1 fully saturated rings. The molecule has 0 aliphatic carbocycles. The van der Waals surface area contributed by atoms with Crippen molar-refractivity contribution in [2.24, 2.45) is 5.73 Å². The van der Waals surface area contributed by atoms with Crippen molar-refractivity contribution in [3.63, 3.8) is 0 Å². The van der Waals surface area contributed by atoms with E-state index in [0.29, 0.717) is 19.7 Å². The second-order valence-electron chi connectivity index (χ2n) is 3.05. The Morgan fingerprint density at radius 1 is 1.75 bits per heavy atom. The summed E-state index contributed by atoms with van der Waals surface area (Å²) >= 11 is 0. The predicted molar refractivity (Wildman–Crippen MR) is 45.7 cm³/mol. The lowest BCUT2D eigenvalue weighted by molar-refractivity contribution is -0.139. The molecule has 0 radical (unpaired) electrons. The Morgan fingerprint density at radius 3 is 3.00 bits per heavy atom. The van der Waals surface area contributed by atoms with E-state index in [2.05, 4.69) is 0 Å². The van der Waals surface area contributed by atoms with Gasteiger partial charge in [0.1, 0.15) is 6.10 Å². The average molecular weight is 172 g/mol. The first kappa shape index (κ1) is 9.48. The maximum atomic E-state index is 11.5. The van der Waals surface area contributed by atoms with Gasteiger partial charge in [0, 0.05) is 26.7 Å². The highest BCUT2D eigenvalue weighted by atomic mass is 16.5. The van der Waals surface area contributed by atoms with Crippen LogP contribution < -0.4 is 5.73 Å². The number of amides is 1. The summed E-state index contributed by atoms with van der Waals surface area (Å²) < 4.78 is 5.25. The predicted octanol–water partition coefficient (Wildman–Crippen LogP) is -0.417. The molecule has 70 valence electrons. The first-order valence-corrected chi connectivity index (χ1v) is 4.32. The normalized spacial score (nSPS) is 22.7. The van der Waals surface area contributed by atoms with E-state index in [1.165, 1.54) is 0 Å². The Morgan fingerprint density at radius 2 is 2.50 bits per heavy atom. The Bertz CT molecular complexity index is 155. The number of likely N-dealkylation sites (N-methyl/N-ethyl adjacent to an activating group) is 1. The van der Waals surface area contributed by atoms with E-state index in [0.717, 1.165) is 12.8 Å². The van der Waals surface area contributed by atoms with Gasteiger partial charge in [-0.25, -0.2) is 0 Å². The van der Waals surface area contributed by atoms with Crippen LogP contribution in [0.2, 0.25) is 0 Å². The molecule has 1 heterocycles. The molecule has 4 heteroatoms. The number of carbonyl (C=O) groups excluding carboxylic acids is 1. The van der Waals surface area contributed by atoms with Gasteiger partial charge in [0.15, 0.2) is 0 Å². The SMILES string of the molecule is CN(CCN)C(=O)[C@@H]1CCCO1. The largest absolute Gasteiger partial charge is 0.368 e. The van der Waals surface area contributed by atoms with Crippen LogP contribution in [0.15, 0.2) is 0 Å². The molecule has 1 atom stereocenters. The quantitative estimate of drug-likeness (QED) is 0.629. The van der Waals surface area contributed by atoms with Crippen molar-refractivity contribution in [2.45, 2.75) is 18.9 Å². The fraction of sp³-hybridized carbons (Fsp3) is 0.875. The minimum atomic E-state index is -0.207. The van der Waals surface area contributed by atoms with Gasteiger partial charge in [-0.1, -0.05) is 0 Å². The number of carbonyl (C=O) groups is 1. The summed E-state index contributed by atoms with van der Waals surface area (Å²) in [5.41, 5.74) is 5.33. The second-order valence-corrected chi connectivity index (χ2v) is 3.05. The summed E-state index contributed by atoms with van der Waals surface area (Å²) in [6.45, 7) is 1.83. The summed E-state index contributed by atoms with van der Waals surface area (Å²) in [7, 11) is 1.76. The van der Waals surface area contributed by atoms with Crippen molar-refractivity contribution in [3.05, 3.63) is 0 Å². The van der Waals surface area contributed by atoms with E-state index in [-0.39, 0.29) is 12.0 Å². The zero-order valence-electron chi connectivity index (χ0n) is 7.45. The molecule has 2 N–H and O–H groups in total. The van der Waals surface area contributed by atoms with Crippen LogP contribution in [0.1, 0.15) is 12.8 Å². The lowest BCUT2D eigenvalue weighted by Crippen LogP contribution is -2.38. The number of nitrogens with two attached hydrogens (primary N) is 1. The third-order valence-corrected chi connectivity index (χ3v) is 2.05. The fourth-order valence-electron chi connectivity index (χ4n) is 1.32. The van der Waals surface area contributed by atoms with Crippen LogP contribution in [-0.2, 0) is 9.53 Å². The van der Waals surface area contributed by atoms with Gasteiger partial charge >= 0.3 is 0 Å². The summed E-state index contributed by atoms with van der Waals surface area (Å²) in [4.78, 5) is 13.1. The van der Waals surface area contributed by atoms with Gasteiger partial charge in [-0.2, -0.15) is 0 Å². The summed E-state index contributed by atoms with van der Waals surface area (Å²) in [5, 5.41) is 0. The minimum absolute atomic E-state index is 0.0675. The van der Waals surface area contributed by atoms with Crippen molar-refractivity contribution in [2.75, 3.05) is 26.7 Å². The van der Waals surface area contributed by atoms with Gasteiger partial charge in [-0.3, -0.25) is 4.79 Å². The van der Waals surface area contributed by atoms with Crippen LogP contribution in [0.3, 0.4) is 0 Å². The van der Waals surface area contributed by atoms with E-state index in [1.807, 2.05) is 0 Å². The second kappa shape index (κ2) is 4.42. The van der Waals surface area contributed by atoms with Crippen molar-refractivity contribution >= 4 is 5.91 Å². The summed E-state index contributed by atoms with van der Waals surface area (Å²) in [5.74, 6) is 0.0675. The van der Waals surface area contributed by atoms with Crippen LogP contribution >= 0.6 is 0 Å². The highest BCUT2D eigenvalue weighted by Crippen LogP contribution is 2.13. The van der Waals surface area contributed by atoms with E-state index >= 15 is 0 Å². The van der Waals surface area contributed by atoms with Crippen molar-refractivity contribution in [1.82, 2.24) is 4.90 Å². The molecular weight excluding hydrogens is 156 g/mol. The molecule has 1 aliphatic rings. The molecule has 1 aliphatic heterocycles. The van der Waals surface area contributed by atoms with Crippen LogP contribution in [-0.4, -0.2) is 43.7 Å². The van der Waals surface area contributed by atoms with E-state index < -0.39 is 0 Å². The van der Waals surface area contributed by atoms with Gasteiger partial charge < -0.3 is 15.4 Å². The maximum Gasteiger partial charge on any atom is 0.251 e. The molecule has 0 unspecified atom stereocenters. The standard InChI is InChI=1S/C8H16N2O2/c1-10(5-4-9)8(11)7-3-2-6-12-7/h7H,2-6,9H2,1H3/t7-/m0/s1. The van der Waals surface area contributed by atoms with Gasteiger partial charge in [0.05, 0.1) is 0 Å². The molecule has 1 amide bonds. The third kappa shape index (κ3) is 2.19. The van der Waals surface area contributed by atoms with Crippen LogP contribution in [0, 0.1) is 0 Å². The number of nitrogens with zero attached hydrogens (tertiary/aromatic N) is 1. The molecule has 4 nitrogen and oxygen atoms in total. The molecule has 1 saturated heterocycles. The molecule has 1 rings (SSSR count). The van der Waals surface area contributed by atoms with Crippen LogP contribution in [0.4, 0.5) is 0 Å². The topological polar surface area (TPSA) is 55.6 Å². The number of hydrogen-bond donors (Lipinski definition) is 1. The van der Waals surface area contributed by atoms with Crippen LogP contribution in [0.25, 0.3) is 0 Å². The lowest BCUT2D eigenvalue weighted by Gasteiger charge is -2.19. The molecule has 12 heavy (non-hydrogen) atoms. The van der Waals surface area contributed by atoms with Crippen molar-refractivity contribution < 1.29 is 9.53 Å². The Kier molecular flexibility index (Phi) is 3.49. The summed E-state index contributed by atoms with van der Waals surface area (Å²) in [6, 6.07) is 0. The monoisotopic (exact) mass is 172 g/mol. The lowest BCUT2D eigenvalue weighted by atomic mass is 10.2. The summed E-state index contributed by atoms with van der Waals surface area (Å²) in [6.07, 6.45) is 1.64. The third-order valence-electron chi connectivity index (χ3n) is 2.05. The van der Waals surface area contributed by atoms with Crippen molar-refractivity contribution in [1.29, 1.82) is 0 Å². The Balaban J connectivity index is 2.34. The molecule has 0 aromatic rings. The fourth-order valence-corrected chi connectivity index (χ4v) is 1.32. The van der Waals surface area contributed by atoms with E-state index in [9.17, 15) is 4.79 Å². The number of rotatable bonds is 3. The van der Waals surface area contributed by atoms with Gasteiger partial charge in [-0.15, -0.1) is 0 Å². The molecule has 0 saturated carbocycles. The molecule has 0 bridgehead atoms. The van der Waals surface area contributed by atoms with Crippen LogP contribution in [0.5, 0.6) is 0 Å². The highest BCUT2D eigenvalue weighted by molar-refractivity contribution is 5.80. The first-order valence-electron chi connectivity index (χ1n) is 4.32. The maximum absolute atomic E-state index is 11.5. The average Bonchev–Trinajstić information content (AvgIpc) is 2.55. The van der Waals surface area contributed by atoms with Gasteiger partial charge in [0.25, 0.3) is 5.91 Å². The van der Waals surface area contributed by atoms with Crippen molar-refractivity contribution in [3.8, 4) is 0 Å². The van der Waals surface area contributed by atoms with Gasteiger partial charge in [0.2, 0.25) is 0 Å². The first-order chi connectivity index (χ1) is 5.75. The molecule has 0 aromatic heterocycles. The van der Waals surface area contributed by atoms with Gasteiger partial charge in [-0.05, 0) is 12.8 Å². The minimum Gasteiger partial charge on any atom is -0.368 e. The molecular formula is C8H16N2O2. The Hall–Kier alpha value is -0.610.